The van der Waals surface area contributed by atoms with Crippen molar-refractivity contribution in [2.45, 2.75) is 11.4 Å². The summed E-state index contributed by atoms with van der Waals surface area (Å²) in [6, 6.07) is 7.88. The maximum absolute atomic E-state index is 11.5. The van der Waals surface area contributed by atoms with Gasteiger partial charge in [-0.1, -0.05) is 6.07 Å². The minimum absolute atomic E-state index is 0.184. The zero-order valence-corrected chi connectivity index (χ0v) is 11.1. The van der Waals surface area contributed by atoms with Crippen LogP contribution in [0.25, 0.3) is 0 Å². The Labute approximate surface area is 111 Å². The molecule has 2 N–H and O–H groups in total. The minimum Gasteiger partial charge on any atom is -0.437 e. The lowest BCUT2D eigenvalue weighted by molar-refractivity contribution is 0.447. The van der Waals surface area contributed by atoms with Crippen molar-refractivity contribution in [1.29, 1.82) is 0 Å². The maximum Gasteiger partial charge on any atom is 0.243 e. The Bertz CT molecular complexity index is 686. The predicted molar refractivity (Wildman–Crippen MR) is 69.5 cm³/mol. The third kappa shape index (κ3) is 3.27. The Morgan fingerprint density at radius 3 is 2.79 bits per heavy atom. The van der Waals surface area contributed by atoms with Gasteiger partial charge in [-0.2, -0.15) is 5.10 Å². The van der Waals surface area contributed by atoms with Gasteiger partial charge in [0, 0.05) is 18.4 Å². The van der Waals surface area contributed by atoms with Gasteiger partial charge in [0.05, 0.1) is 11.1 Å². The average molecular weight is 279 g/mol. The van der Waals surface area contributed by atoms with Crippen molar-refractivity contribution in [3.63, 3.8) is 0 Å². The van der Waals surface area contributed by atoms with Crippen molar-refractivity contribution in [3.8, 4) is 11.6 Å². The highest BCUT2D eigenvalue weighted by Crippen LogP contribution is 2.24. The maximum atomic E-state index is 11.5. The lowest BCUT2D eigenvalue weighted by atomic mass is 10.3. The second-order valence-electron chi connectivity index (χ2n) is 3.91. The first-order chi connectivity index (χ1) is 9.00. The number of nitrogens with zero attached hydrogens (tertiary/aromatic N) is 2. The molecule has 0 fully saturated rings. The molecular formula is C12H13N3O3S. The summed E-state index contributed by atoms with van der Waals surface area (Å²) in [4.78, 5) is 0.184. The van der Waals surface area contributed by atoms with E-state index in [1.54, 1.807) is 18.2 Å². The molecule has 0 aliphatic heterocycles. The first kappa shape index (κ1) is 13.4. The van der Waals surface area contributed by atoms with Crippen LogP contribution in [0.15, 0.2) is 41.4 Å². The van der Waals surface area contributed by atoms with Gasteiger partial charge in [0.25, 0.3) is 0 Å². The fourth-order valence-corrected chi connectivity index (χ4v) is 2.12. The average Bonchev–Trinajstić information content (AvgIpc) is 2.39. The number of sulfone groups is 1. The fourth-order valence-electron chi connectivity index (χ4n) is 1.47. The smallest absolute Gasteiger partial charge is 0.243 e. The Morgan fingerprint density at radius 2 is 2.11 bits per heavy atom. The van der Waals surface area contributed by atoms with E-state index in [0.717, 1.165) is 6.26 Å². The number of rotatable bonds is 4. The van der Waals surface area contributed by atoms with Crippen LogP contribution in [0.5, 0.6) is 11.6 Å². The molecule has 0 bridgehead atoms. The van der Waals surface area contributed by atoms with Crippen molar-refractivity contribution < 1.29 is 13.2 Å². The molecule has 0 saturated heterocycles. The van der Waals surface area contributed by atoms with E-state index in [2.05, 4.69) is 10.2 Å². The molecule has 0 saturated carbocycles. The van der Waals surface area contributed by atoms with Crippen LogP contribution in [0.1, 0.15) is 5.56 Å². The number of hydrogen-bond acceptors (Lipinski definition) is 6. The molecule has 100 valence electrons. The van der Waals surface area contributed by atoms with Gasteiger partial charge in [0.2, 0.25) is 5.88 Å². The lowest BCUT2D eigenvalue weighted by Crippen LogP contribution is -2.02. The van der Waals surface area contributed by atoms with E-state index in [0.29, 0.717) is 11.3 Å². The zero-order valence-electron chi connectivity index (χ0n) is 10.3. The standard InChI is InChI=1S/C12H13N3O3S/c1-19(16,17)11-4-2-3-10(7-11)18-12-9(8-13)5-6-14-15-12/h2-7H,8,13H2,1H3. The zero-order chi connectivity index (χ0) is 13.9. The van der Waals surface area contributed by atoms with Crippen LogP contribution in [0, 0.1) is 0 Å². The van der Waals surface area contributed by atoms with Gasteiger partial charge in [0.15, 0.2) is 9.84 Å². The highest BCUT2D eigenvalue weighted by atomic mass is 32.2. The first-order valence-electron chi connectivity index (χ1n) is 5.49. The Morgan fingerprint density at radius 1 is 1.32 bits per heavy atom. The molecule has 0 amide bonds. The molecular weight excluding hydrogens is 266 g/mol. The van der Waals surface area contributed by atoms with Gasteiger partial charge in [0.1, 0.15) is 5.75 Å². The molecule has 0 aliphatic carbocycles. The molecule has 2 aromatic rings. The van der Waals surface area contributed by atoms with Crippen LogP contribution in [0.4, 0.5) is 0 Å². The van der Waals surface area contributed by atoms with Crippen molar-refractivity contribution in [3.05, 3.63) is 42.1 Å². The summed E-state index contributed by atoms with van der Waals surface area (Å²) in [5.74, 6) is 0.647. The van der Waals surface area contributed by atoms with Crippen LogP contribution in [-0.2, 0) is 16.4 Å². The first-order valence-corrected chi connectivity index (χ1v) is 7.38. The largest absolute Gasteiger partial charge is 0.437 e. The molecule has 1 heterocycles. The van der Waals surface area contributed by atoms with Crippen molar-refractivity contribution in [2.75, 3.05) is 6.26 Å². The number of hydrogen-bond donors (Lipinski definition) is 1. The van der Waals surface area contributed by atoms with Gasteiger partial charge in [-0.25, -0.2) is 8.42 Å². The van der Waals surface area contributed by atoms with Gasteiger partial charge in [-0.05, 0) is 24.3 Å². The molecule has 2 rings (SSSR count). The normalized spacial score (nSPS) is 11.3. The molecule has 6 nitrogen and oxygen atoms in total. The van der Waals surface area contributed by atoms with E-state index in [-0.39, 0.29) is 17.3 Å². The fraction of sp³-hybridized carbons (Fsp3) is 0.167. The molecule has 0 unspecified atom stereocenters. The summed E-state index contributed by atoms with van der Waals surface area (Å²) in [6.45, 7) is 0.261. The van der Waals surface area contributed by atoms with Crippen LogP contribution < -0.4 is 10.5 Å². The summed E-state index contributed by atoms with van der Waals surface area (Å²) in [5.41, 5.74) is 6.25. The van der Waals surface area contributed by atoms with E-state index < -0.39 is 9.84 Å². The molecule has 0 radical (unpaired) electrons. The van der Waals surface area contributed by atoms with Gasteiger partial charge in [-0.15, -0.1) is 5.10 Å². The Balaban J connectivity index is 2.34. The summed E-state index contributed by atoms with van der Waals surface area (Å²) < 4.78 is 28.4. The van der Waals surface area contributed by atoms with Gasteiger partial charge in [-0.3, -0.25) is 0 Å². The number of benzene rings is 1. The number of nitrogens with two attached hydrogens (primary N) is 1. The molecule has 7 heteroatoms. The van der Waals surface area contributed by atoms with Crippen molar-refractivity contribution in [1.82, 2.24) is 10.2 Å². The Kier molecular flexibility index (Phi) is 3.77. The molecule has 19 heavy (non-hydrogen) atoms. The van der Waals surface area contributed by atoms with Gasteiger partial charge < -0.3 is 10.5 Å². The predicted octanol–water partition coefficient (Wildman–Crippen LogP) is 1.13. The number of aromatic nitrogens is 2. The summed E-state index contributed by atoms with van der Waals surface area (Å²) >= 11 is 0. The number of ether oxygens (including phenoxy) is 1. The van der Waals surface area contributed by atoms with Crippen LogP contribution >= 0.6 is 0 Å². The van der Waals surface area contributed by atoms with Crippen molar-refractivity contribution >= 4 is 9.84 Å². The van der Waals surface area contributed by atoms with E-state index in [4.69, 9.17) is 10.5 Å². The van der Waals surface area contributed by atoms with E-state index in [1.165, 1.54) is 18.3 Å². The van der Waals surface area contributed by atoms with E-state index >= 15 is 0 Å². The molecule has 0 aliphatic rings. The monoisotopic (exact) mass is 279 g/mol. The topological polar surface area (TPSA) is 95.2 Å². The highest BCUT2D eigenvalue weighted by molar-refractivity contribution is 7.90. The minimum atomic E-state index is -3.27. The third-order valence-electron chi connectivity index (χ3n) is 2.43. The van der Waals surface area contributed by atoms with Gasteiger partial charge >= 0.3 is 0 Å². The quantitative estimate of drug-likeness (QED) is 0.901. The van der Waals surface area contributed by atoms with Crippen LogP contribution in [-0.4, -0.2) is 24.9 Å². The lowest BCUT2D eigenvalue weighted by Gasteiger charge is -2.08. The van der Waals surface area contributed by atoms with Crippen molar-refractivity contribution in [2.24, 2.45) is 5.73 Å². The Hall–Kier alpha value is -1.99. The van der Waals surface area contributed by atoms with E-state index in [9.17, 15) is 8.42 Å². The highest BCUT2D eigenvalue weighted by Gasteiger charge is 2.10. The SMILES string of the molecule is CS(=O)(=O)c1cccc(Oc2nnccc2CN)c1. The molecule has 0 spiro atoms. The molecule has 1 aromatic carbocycles. The van der Waals surface area contributed by atoms with E-state index in [1.807, 2.05) is 0 Å². The summed E-state index contributed by atoms with van der Waals surface area (Å²) in [7, 11) is -3.27. The molecule has 1 aromatic heterocycles. The summed E-state index contributed by atoms with van der Waals surface area (Å²) in [6.07, 6.45) is 2.65. The second-order valence-corrected chi connectivity index (χ2v) is 5.93. The third-order valence-corrected chi connectivity index (χ3v) is 3.54. The second kappa shape index (κ2) is 5.33. The van der Waals surface area contributed by atoms with Crippen LogP contribution in [0.2, 0.25) is 0 Å². The van der Waals surface area contributed by atoms with Crippen LogP contribution in [0.3, 0.4) is 0 Å². The molecule has 0 atom stereocenters. The summed E-state index contributed by atoms with van der Waals surface area (Å²) in [5, 5.41) is 7.55.